The summed E-state index contributed by atoms with van der Waals surface area (Å²) in [4.78, 5) is 2.27. The number of nitrogens with zero attached hydrogens (tertiary/aromatic N) is 1. The summed E-state index contributed by atoms with van der Waals surface area (Å²) in [7, 11) is 4.33. The summed E-state index contributed by atoms with van der Waals surface area (Å²) in [5, 5.41) is 0. The SMILES string of the molecule is CCCCC/C=C\C/C=C\CCCCCCCCC1(CCCCCCCC/C=C\C/C=C\CCCCC)O[C@H](CCC)[C@@H](CN(C)C)O1. The average molecular weight is 670 g/mol. The van der Waals surface area contributed by atoms with Crippen molar-refractivity contribution in [2.75, 3.05) is 20.6 Å². The third kappa shape index (κ3) is 25.8. The molecule has 0 aliphatic carbocycles. The molecule has 0 saturated carbocycles. The van der Waals surface area contributed by atoms with E-state index < -0.39 is 0 Å². The highest BCUT2D eigenvalue weighted by molar-refractivity contribution is 4.93. The molecule has 0 N–H and O–H groups in total. The van der Waals surface area contributed by atoms with Crippen LogP contribution in [0.25, 0.3) is 0 Å². The Kier molecular flexibility index (Phi) is 30.9. The molecule has 48 heavy (non-hydrogen) atoms. The third-order valence-corrected chi connectivity index (χ3v) is 9.78. The number of allylic oxidation sites excluding steroid dienone is 8. The standard InChI is InChI=1S/C45H83NO2/c1-6-9-11-13-15-17-19-21-23-25-27-29-31-33-35-37-40-45(47-43(39-8-3)44(48-45)42-46(4)5)41-38-36-34-32-30-28-26-24-22-20-18-16-14-12-10-7-2/h15-18,21-24,43-44H,6-14,19-20,25-42H2,1-5H3/b17-15-,18-16-,23-21-,24-22-/t43-,44-/m1/s1. The van der Waals surface area contributed by atoms with Crippen LogP contribution in [-0.2, 0) is 9.47 Å². The first-order valence-electron chi connectivity index (χ1n) is 21.2. The largest absolute Gasteiger partial charge is 0.344 e. The second kappa shape index (κ2) is 33.0. The van der Waals surface area contributed by atoms with Crippen LogP contribution >= 0.6 is 0 Å². The fourth-order valence-electron chi connectivity index (χ4n) is 6.90. The summed E-state index contributed by atoms with van der Waals surface area (Å²) < 4.78 is 13.8. The average Bonchev–Trinajstić information content (AvgIpc) is 3.40. The Hall–Kier alpha value is -1.16. The molecule has 1 saturated heterocycles. The smallest absolute Gasteiger partial charge is 0.169 e. The fraction of sp³-hybridized carbons (Fsp3) is 0.822. The van der Waals surface area contributed by atoms with Gasteiger partial charge >= 0.3 is 0 Å². The maximum absolute atomic E-state index is 6.88. The van der Waals surface area contributed by atoms with Gasteiger partial charge in [-0.2, -0.15) is 0 Å². The van der Waals surface area contributed by atoms with Crippen LogP contribution < -0.4 is 0 Å². The molecule has 0 aromatic heterocycles. The van der Waals surface area contributed by atoms with Gasteiger partial charge in [-0.3, -0.25) is 0 Å². The maximum atomic E-state index is 6.88. The molecular weight excluding hydrogens is 587 g/mol. The van der Waals surface area contributed by atoms with Gasteiger partial charge in [-0.25, -0.2) is 0 Å². The van der Waals surface area contributed by atoms with Gasteiger partial charge in [0.2, 0.25) is 0 Å². The summed E-state index contributed by atoms with van der Waals surface area (Å²) in [6.07, 6.45) is 54.6. The third-order valence-electron chi connectivity index (χ3n) is 9.78. The summed E-state index contributed by atoms with van der Waals surface area (Å²) in [6, 6.07) is 0. The number of hydrogen-bond acceptors (Lipinski definition) is 3. The molecule has 0 aromatic carbocycles. The minimum absolute atomic E-state index is 0.203. The zero-order valence-corrected chi connectivity index (χ0v) is 33.0. The molecular formula is C45H83NO2. The molecule has 0 aromatic rings. The highest BCUT2D eigenvalue weighted by Crippen LogP contribution is 2.39. The van der Waals surface area contributed by atoms with Gasteiger partial charge in [0.1, 0.15) is 0 Å². The predicted octanol–water partition coefficient (Wildman–Crippen LogP) is 14.2. The molecule has 0 radical (unpaired) electrons. The molecule has 1 fully saturated rings. The van der Waals surface area contributed by atoms with Crippen molar-refractivity contribution in [1.82, 2.24) is 4.90 Å². The lowest BCUT2D eigenvalue weighted by Gasteiger charge is -2.29. The van der Waals surface area contributed by atoms with Crippen molar-refractivity contribution < 1.29 is 9.47 Å². The quantitative estimate of drug-likeness (QED) is 0.0503. The van der Waals surface area contributed by atoms with Gasteiger partial charge in [-0.1, -0.05) is 153 Å². The van der Waals surface area contributed by atoms with E-state index in [-0.39, 0.29) is 18.0 Å². The van der Waals surface area contributed by atoms with Gasteiger partial charge in [0.25, 0.3) is 0 Å². The first-order valence-corrected chi connectivity index (χ1v) is 21.2. The molecule has 2 atom stereocenters. The van der Waals surface area contributed by atoms with E-state index in [0.29, 0.717) is 0 Å². The van der Waals surface area contributed by atoms with Crippen LogP contribution in [0.4, 0.5) is 0 Å². The monoisotopic (exact) mass is 670 g/mol. The summed E-state index contributed by atoms with van der Waals surface area (Å²) in [5.74, 6) is -0.356. The molecule has 3 nitrogen and oxygen atoms in total. The topological polar surface area (TPSA) is 21.7 Å². The fourth-order valence-corrected chi connectivity index (χ4v) is 6.90. The first-order chi connectivity index (χ1) is 23.6. The molecule has 0 spiro atoms. The van der Waals surface area contributed by atoms with Crippen LogP contribution in [0.15, 0.2) is 48.6 Å². The van der Waals surface area contributed by atoms with Crippen LogP contribution in [0.3, 0.4) is 0 Å². The molecule has 1 heterocycles. The lowest BCUT2D eigenvalue weighted by atomic mass is 9.98. The van der Waals surface area contributed by atoms with Crippen molar-refractivity contribution in [3.8, 4) is 0 Å². The summed E-state index contributed by atoms with van der Waals surface area (Å²) in [5.41, 5.74) is 0. The van der Waals surface area contributed by atoms with Crippen molar-refractivity contribution in [3.05, 3.63) is 48.6 Å². The van der Waals surface area contributed by atoms with Gasteiger partial charge in [-0.15, -0.1) is 0 Å². The predicted molar refractivity (Wildman–Crippen MR) is 214 cm³/mol. The van der Waals surface area contributed by atoms with Crippen molar-refractivity contribution in [1.29, 1.82) is 0 Å². The van der Waals surface area contributed by atoms with Gasteiger partial charge in [0.15, 0.2) is 5.79 Å². The van der Waals surface area contributed by atoms with E-state index in [1.165, 1.54) is 141 Å². The highest BCUT2D eigenvalue weighted by Gasteiger charge is 2.46. The zero-order chi connectivity index (χ0) is 34.8. The van der Waals surface area contributed by atoms with E-state index in [1.54, 1.807) is 0 Å². The molecule has 0 unspecified atom stereocenters. The van der Waals surface area contributed by atoms with Gasteiger partial charge in [0.05, 0.1) is 12.2 Å². The molecule has 0 amide bonds. The molecule has 3 heteroatoms. The molecule has 0 bridgehead atoms. The second-order valence-corrected chi connectivity index (χ2v) is 14.9. The van der Waals surface area contributed by atoms with E-state index >= 15 is 0 Å². The number of unbranched alkanes of at least 4 members (excludes halogenated alkanes) is 18. The van der Waals surface area contributed by atoms with Crippen molar-refractivity contribution >= 4 is 0 Å². The van der Waals surface area contributed by atoms with E-state index in [9.17, 15) is 0 Å². The number of likely N-dealkylation sites (N-methyl/N-ethyl adjacent to an activating group) is 1. The summed E-state index contributed by atoms with van der Waals surface area (Å²) in [6.45, 7) is 7.78. The van der Waals surface area contributed by atoms with E-state index in [4.69, 9.17) is 9.47 Å². The van der Waals surface area contributed by atoms with Crippen LogP contribution in [0.5, 0.6) is 0 Å². The lowest BCUT2D eigenvalue weighted by Crippen LogP contribution is -2.34. The minimum atomic E-state index is -0.356. The Balaban J connectivity index is 2.30. The Morgan fingerprint density at radius 1 is 0.438 bits per heavy atom. The van der Waals surface area contributed by atoms with Crippen LogP contribution in [-0.4, -0.2) is 43.5 Å². The van der Waals surface area contributed by atoms with Crippen LogP contribution in [0.2, 0.25) is 0 Å². The van der Waals surface area contributed by atoms with Gasteiger partial charge in [0, 0.05) is 19.4 Å². The Morgan fingerprint density at radius 3 is 1.21 bits per heavy atom. The highest BCUT2D eigenvalue weighted by atomic mass is 16.8. The molecule has 1 aliphatic rings. The Labute approximate surface area is 301 Å². The Bertz CT molecular complexity index is 749. The van der Waals surface area contributed by atoms with E-state index in [1.807, 2.05) is 0 Å². The molecule has 1 aliphatic heterocycles. The van der Waals surface area contributed by atoms with E-state index in [2.05, 4.69) is 88.4 Å². The first kappa shape index (κ1) is 44.9. The number of rotatable bonds is 34. The van der Waals surface area contributed by atoms with Gasteiger partial charge in [-0.05, 0) is 97.6 Å². The van der Waals surface area contributed by atoms with Crippen molar-refractivity contribution in [3.63, 3.8) is 0 Å². The van der Waals surface area contributed by atoms with Crippen molar-refractivity contribution in [2.24, 2.45) is 0 Å². The second-order valence-electron chi connectivity index (χ2n) is 14.9. The lowest BCUT2D eigenvalue weighted by molar-refractivity contribution is -0.187. The normalized spacial score (nSPS) is 18.3. The maximum Gasteiger partial charge on any atom is 0.169 e. The number of hydrogen-bond donors (Lipinski definition) is 0. The van der Waals surface area contributed by atoms with E-state index in [0.717, 1.165) is 45.1 Å². The van der Waals surface area contributed by atoms with Gasteiger partial charge < -0.3 is 14.4 Å². The minimum Gasteiger partial charge on any atom is -0.344 e. The number of ether oxygens (including phenoxy) is 2. The molecule has 280 valence electrons. The van der Waals surface area contributed by atoms with Crippen molar-refractivity contribution in [2.45, 2.75) is 219 Å². The van der Waals surface area contributed by atoms with Crippen LogP contribution in [0.1, 0.15) is 201 Å². The van der Waals surface area contributed by atoms with Crippen LogP contribution in [0, 0.1) is 0 Å². The molecule has 1 rings (SSSR count). The zero-order valence-electron chi connectivity index (χ0n) is 33.0. The Morgan fingerprint density at radius 2 is 0.812 bits per heavy atom. The summed E-state index contributed by atoms with van der Waals surface area (Å²) >= 11 is 0.